The molecule has 0 aliphatic carbocycles. The fraction of sp³-hybridized carbons (Fsp3) is 0.350. The Hall–Kier alpha value is -4.58. The molecule has 54 heavy (non-hydrogen) atoms. The average molecular weight is 747 g/mol. The molecule has 14 heteroatoms. The van der Waals surface area contributed by atoms with Crippen molar-refractivity contribution in [3.05, 3.63) is 119 Å². The fourth-order valence-electron chi connectivity index (χ4n) is 6.94. The normalized spacial score (nSPS) is 32.2. The van der Waals surface area contributed by atoms with Gasteiger partial charge in [0.15, 0.2) is 0 Å². The van der Waals surface area contributed by atoms with Gasteiger partial charge in [-0.1, -0.05) is 66.7 Å². The SMILES string of the molecule is OCC1OC(Oc2ccc(C=Cc3cc(O)c4c(c3)OC(c3ccc(OC5OC(CO)C(O)C(O)C5O)cc3)C4c3ccccc3)cc2)C(O)C(O)C1O. The topological polar surface area (TPSA) is 228 Å². The Balaban J connectivity index is 1.07. The Morgan fingerprint density at radius 1 is 0.556 bits per heavy atom. The summed E-state index contributed by atoms with van der Waals surface area (Å²) in [4.78, 5) is 0. The molecule has 3 aliphatic rings. The van der Waals surface area contributed by atoms with Gasteiger partial charge in [0.2, 0.25) is 12.6 Å². The quantitative estimate of drug-likeness (QED) is 0.104. The van der Waals surface area contributed by atoms with Crippen molar-refractivity contribution in [2.45, 2.75) is 73.4 Å². The van der Waals surface area contributed by atoms with Gasteiger partial charge in [-0.25, -0.2) is 0 Å². The van der Waals surface area contributed by atoms with E-state index in [0.717, 1.165) is 16.7 Å². The van der Waals surface area contributed by atoms with Gasteiger partial charge in [0.25, 0.3) is 0 Å². The van der Waals surface area contributed by atoms with Crippen molar-refractivity contribution >= 4 is 12.2 Å². The van der Waals surface area contributed by atoms with Crippen LogP contribution in [-0.2, 0) is 9.47 Å². The maximum atomic E-state index is 11.4. The lowest BCUT2D eigenvalue weighted by Gasteiger charge is -2.39. The van der Waals surface area contributed by atoms with E-state index in [-0.39, 0.29) is 11.7 Å². The van der Waals surface area contributed by atoms with Gasteiger partial charge in [0, 0.05) is 5.56 Å². The summed E-state index contributed by atoms with van der Waals surface area (Å²) in [6, 6.07) is 26.8. The van der Waals surface area contributed by atoms with Gasteiger partial charge in [0.1, 0.15) is 77.9 Å². The number of hydrogen-bond donors (Lipinski definition) is 9. The number of hydrogen-bond acceptors (Lipinski definition) is 14. The smallest absolute Gasteiger partial charge is 0.229 e. The van der Waals surface area contributed by atoms with Crippen LogP contribution in [0.3, 0.4) is 0 Å². The molecular formula is C40H42O14. The van der Waals surface area contributed by atoms with Gasteiger partial charge < -0.3 is 69.6 Å². The zero-order valence-corrected chi connectivity index (χ0v) is 28.7. The minimum Gasteiger partial charge on any atom is -0.507 e. The Bertz CT molecular complexity index is 1880. The average Bonchev–Trinajstić information content (AvgIpc) is 3.59. The lowest BCUT2D eigenvalue weighted by molar-refractivity contribution is -0.277. The van der Waals surface area contributed by atoms with E-state index >= 15 is 0 Å². The van der Waals surface area contributed by atoms with Gasteiger partial charge in [-0.2, -0.15) is 0 Å². The molecule has 0 saturated carbocycles. The Kier molecular flexibility index (Phi) is 11.2. The van der Waals surface area contributed by atoms with Crippen molar-refractivity contribution in [2.75, 3.05) is 13.2 Å². The molecule has 4 aromatic rings. The Morgan fingerprint density at radius 2 is 1.07 bits per heavy atom. The molecule has 0 spiro atoms. The molecule has 4 aromatic carbocycles. The number of aliphatic hydroxyl groups excluding tert-OH is 8. The Morgan fingerprint density at radius 3 is 1.61 bits per heavy atom. The molecule has 12 unspecified atom stereocenters. The van der Waals surface area contributed by atoms with Crippen LogP contribution in [0.1, 0.15) is 39.8 Å². The first-order chi connectivity index (χ1) is 26.1. The van der Waals surface area contributed by atoms with Crippen molar-refractivity contribution in [1.82, 2.24) is 0 Å². The standard InChI is InChI=1S/C40H42O14/c41-18-28-32(44)34(46)36(48)39(53-28)50-24-12-8-20(9-13-24)6-7-21-16-26(43)31-27(17-21)52-38(30(31)22-4-2-1-3-5-22)23-10-14-25(15-11-23)51-40-37(49)35(47)33(45)29(19-42)54-40/h1-17,28-30,32-49H,18-19H2. The molecule has 2 saturated heterocycles. The molecule has 3 heterocycles. The lowest BCUT2D eigenvalue weighted by atomic mass is 9.84. The second-order valence-electron chi connectivity index (χ2n) is 13.5. The molecule has 7 rings (SSSR count). The summed E-state index contributed by atoms with van der Waals surface area (Å²) in [5.41, 5.74) is 3.77. The van der Waals surface area contributed by atoms with Crippen molar-refractivity contribution in [3.8, 4) is 23.0 Å². The third kappa shape index (κ3) is 7.54. The summed E-state index contributed by atoms with van der Waals surface area (Å²) in [6.45, 7) is -1.14. The van der Waals surface area contributed by atoms with Gasteiger partial charge >= 0.3 is 0 Å². The molecule has 0 aromatic heterocycles. The number of fused-ring (bicyclic) bond motifs is 1. The molecule has 0 radical (unpaired) electrons. The Labute approximate surface area is 309 Å². The molecule has 286 valence electrons. The first-order valence-corrected chi connectivity index (χ1v) is 17.5. The van der Waals surface area contributed by atoms with Crippen LogP contribution in [0, 0.1) is 0 Å². The summed E-state index contributed by atoms with van der Waals surface area (Å²) in [5.74, 6) is 0.811. The van der Waals surface area contributed by atoms with Gasteiger partial charge in [-0.3, -0.25) is 0 Å². The maximum absolute atomic E-state index is 11.4. The zero-order chi connectivity index (χ0) is 38.1. The van der Waals surface area contributed by atoms with Crippen LogP contribution in [0.15, 0.2) is 91.0 Å². The van der Waals surface area contributed by atoms with Gasteiger partial charge in [-0.05, 0) is 58.7 Å². The van der Waals surface area contributed by atoms with E-state index in [1.54, 1.807) is 54.6 Å². The largest absolute Gasteiger partial charge is 0.507 e. The van der Waals surface area contributed by atoms with Crippen molar-refractivity contribution in [3.63, 3.8) is 0 Å². The molecule has 3 aliphatic heterocycles. The molecule has 0 amide bonds. The van der Waals surface area contributed by atoms with Gasteiger partial charge in [-0.15, -0.1) is 0 Å². The number of phenols is 1. The van der Waals surface area contributed by atoms with E-state index in [2.05, 4.69) is 0 Å². The third-order valence-electron chi connectivity index (χ3n) is 9.93. The summed E-state index contributed by atoms with van der Waals surface area (Å²) < 4.78 is 28.9. The summed E-state index contributed by atoms with van der Waals surface area (Å²) in [7, 11) is 0. The first kappa shape index (κ1) is 37.7. The van der Waals surface area contributed by atoms with E-state index in [4.69, 9.17) is 23.7 Å². The minimum atomic E-state index is -1.57. The second-order valence-corrected chi connectivity index (χ2v) is 13.5. The van der Waals surface area contributed by atoms with E-state index < -0.39 is 80.7 Å². The number of aliphatic hydroxyl groups is 8. The van der Waals surface area contributed by atoms with Crippen LogP contribution in [-0.4, -0.2) is 121 Å². The summed E-state index contributed by atoms with van der Waals surface area (Å²) in [5, 5.41) is 91.3. The third-order valence-corrected chi connectivity index (χ3v) is 9.93. The highest BCUT2D eigenvalue weighted by Crippen LogP contribution is 2.53. The highest BCUT2D eigenvalue weighted by atomic mass is 16.7. The second kappa shape index (κ2) is 16.0. The maximum Gasteiger partial charge on any atom is 0.229 e. The van der Waals surface area contributed by atoms with Crippen LogP contribution in [0.4, 0.5) is 0 Å². The van der Waals surface area contributed by atoms with Crippen LogP contribution >= 0.6 is 0 Å². The molecule has 12 atom stereocenters. The van der Waals surface area contributed by atoms with Crippen molar-refractivity contribution in [2.24, 2.45) is 0 Å². The first-order valence-electron chi connectivity index (χ1n) is 17.5. The molecular weight excluding hydrogens is 704 g/mol. The van der Waals surface area contributed by atoms with Gasteiger partial charge in [0.05, 0.1) is 19.1 Å². The molecule has 9 N–H and O–H groups in total. The minimum absolute atomic E-state index is 0.0503. The number of benzene rings is 4. The zero-order valence-electron chi connectivity index (χ0n) is 28.7. The number of ether oxygens (including phenoxy) is 5. The fourth-order valence-corrected chi connectivity index (χ4v) is 6.94. The van der Waals surface area contributed by atoms with Crippen LogP contribution in [0.25, 0.3) is 12.2 Å². The number of rotatable bonds is 10. The van der Waals surface area contributed by atoms with E-state index in [0.29, 0.717) is 28.4 Å². The van der Waals surface area contributed by atoms with Crippen LogP contribution in [0.5, 0.6) is 23.0 Å². The molecule has 2 fully saturated rings. The highest BCUT2D eigenvalue weighted by molar-refractivity contribution is 5.73. The molecule has 0 bridgehead atoms. The van der Waals surface area contributed by atoms with E-state index in [1.807, 2.05) is 48.6 Å². The lowest BCUT2D eigenvalue weighted by Crippen LogP contribution is -2.60. The number of phenolic OH excluding ortho intramolecular Hbond substituents is 1. The predicted molar refractivity (Wildman–Crippen MR) is 190 cm³/mol. The van der Waals surface area contributed by atoms with Crippen LogP contribution in [0.2, 0.25) is 0 Å². The van der Waals surface area contributed by atoms with Crippen LogP contribution < -0.4 is 14.2 Å². The highest BCUT2D eigenvalue weighted by Gasteiger charge is 2.46. The number of aromatic hydroxyl groups is 1. The predicted octanol–water partition coefficient (Wildman–Crippen LogP) is 1.19. The van der Waals surface area contributed by atoms with Crippen molar-refractivity contribution < 1.29 is 69.6 Å². The van der Waals surface area contributed by atoms with E-state index in [9.17, 15) is 46.0 Å². The molecule has 14 nitrogen and oxygen atoms in total. The van der Waals surface area contributed by atoms with Crippen molar-refractivity contribution in [1.29, 1.82) is 0 Å². The summed E-state index contributed by atoms with van der Waals surface area (Å²) >= 11 is 0. The summed E-state index contributed by atoms with van der Waals surface area (Å²) in [6.07, 6.45) is -10.9. The van der Waals surface area contributed by atoms with E-state index in [1.165, 1.54) is 0 Å². The monoisotopic (exact) mass is 746 g/mol.